The Hall–Kier alpha value is -1.42. The molecule has 0 fully saturated rings. The fourth-order valence-electron chi connectivity index (χ4n) is 1.20. The lowest BCUT2D eigenvalue weighted by molar-refractivity contribution is 0.0953. The SMILES string of the molecule is CCNCCCNC(=O)c1ccncc1. The number of amides is 1. The van der Waals surface area contributed by atoms with E-state index in [-0.39, 0.29) is 5.91 Å². The summed E-state index contributed by atoms with van der Waals surface area (Å²) in [6.07, 6.45) is 4.19. The van der Waals surface area contributed by atoms with Crippen LogP contribution in [0.1, 0.15) is 23.7 Å². The van der Waals surface area contributed by atoms with Gasteiger partial charge in [0.25, 0.3) is 5.91 Å². The van der Waals surface area contributed by atoms with Gasteiger partial charge < -0.3 is 10.6 Å². The molecule has 15 heavy (non-hydrogen) atoms. The van der Waals surface area contributed by atoms with Crippen LogP contribution in [0.5, 0.6) is 0 Å². The third kappa shape index (κ3) is 4.56. The number of carbonyl (C=O) groups is 1. The Morgan fingerprint density at radius 2 is 2.07 bits per heavy atom. The van der Waals surface area contributed by atoms with Crippen molar-refractivity contribution in [2.45, 2.75) is 13.3 Å². The molecule has 0 aliphatic rings. The topological polar surface area (TPSA) is 54.0 Å². The van der Waals surface area contributed by atoms with Crippen LogP contribution in [0.15, 0.2) is 24.5 Å². The van der Waals surface area contributed by atoms with Gasteiger partial charge in [-0.2, -0.15) is 0 Å². The quantitative estimate of drug-likeness (QED) is 0.679. The molecule has 0 aliphatic heterocycles. The predicted octanol–water partition coefficient (Wildman–Crippen LogP) is 0.811. The van der Waals surface area contributed by atoms with E-state index in [1.807, 2.05) is 0 Å². The molecule has 2 N–H and O–H groups in total. The Labute approximate surface area is 90.1 Å². The van der Waals surface area contributed by atoms with Gasteiger partial charge in [-0.25, -0.2) is 0 Å². The molecule has 0 atom stereocenters. The van der Waals surface area contributed by atoms with Crippen LogP contribution in [0.4, 0.5) is 0 Å². The summed E-state index contributed by atoms with van der Waals surface area (Å²) in [7, 11) is 0. The third-order valence-electron chi connectivity index (χ3n) is 2.01. The van der Waals surface area contributed by atoms with Crippen LogP contribution < -0.4 is 10.6 Å². The van der Waals surface area contributed by atoms with Gasteiger partial charge >= 0.3 is 0 Å². The van der Waals surface area contributed by atoms with Gasteiger partial charge in [-0.15, -0.1) is 0 Å². The number of rotatable bonds is 6. The van der Waals surface area contributed by atoms with Gasteiger partial charge in [-0.05, 0) is 31.6 Å². The summed E-state index contributed by atoms with van der Waals surface area (Å²) < 4.78 is 0. The Balaban J connectivity index is 2.20. The zero-order chi connectivity index (χ0) is 10.9. The molecular formula is C11H17N3O. The maximum absolute atomic E-state index is 11.5. The fourth-order valence-corrected chi connectivity index (χ4v) is 1.20. The molecule has 1 heterocycles. The van der Waals surface area contributed by atoms with Crippen LogP contribution in [-0.4, -0.2) is 30.5 Å². The smallest absolute Gasteiger partial charge is 0.251 e. The van der Waals surface area contributed by atoms with Crippen LogP contribution in [-0.2, 0) is 0 Å². The van der Waals surface area contributed by atoms with Gasteiger partial charge in [0.1, 0.15) is 0 Å². The van der Waals surface area contributed by atoms with E-state index in [0.717, 1.165) is 19.5 Å². The van der Waals surface area contributed by atoms with Crippen molar-refractivity contribution < 1.29 is 4.79 Å². The first-order valence-corrected chi connectivity index (χ1v) is 5.23. The van der Waals surface area contributed by atoms with Crippen molar-refractivity contribution in [2.75, 3.05) is 19.6 Å². The van der Waals surface area contributed by atoms with Crippen LogP contribution >= 0.6 is 0 Å². The summed E-state index contributed by atoms with van der Waals surface area (Å²) in [5.41, 5.74) is 0.661. The molecule has 4 nitrogen and oxygen atoms in total. The van der Waals surface area contributed by atoms with E-state index in [1.165, 1.54) is 0 Å². The first kappa shape index (κ1) is 11.7. The average molecular weight is 207 g/mol. The monoisotopic (exact) mass is 207 g/mol. The first-order chi connectivity index (χ1) is 7.34. The van der Waals surface area contributed by atoms with Crippen molar-refractivity contribution in [3.05, 3.63) is 30.1 Å². The van der Waals surface area contributed by atoms with Crippen LogP contribution in [0.25, 0.3) is 0 Å². The summed E-state index contributed by atoms with van der Waals surface area (Å²) in [5, 5.41) is 6.05. The second-order valence-electron chi connectivity index (χ2n) is 3.20. The zero-order valence-electron chi connectivity index (χ0n) is 8.99. The molecule has 0 aliphatic carbocycles. The highest BCUT2D eigenvalue weighted by molar-refractivity contribution is 5.93. The minimum atomic E-state index is -0.0334. The molecule has 82 valence electrons. The minimum Gasteiger partial charge on any atom is -0.352 e. The summed E-state index contributed by atoms with van der Waals surface area (Å²) in [4.78, 5) is 15.4. The standard InChI is InChI=1S/C11H17N3O/c1-2-12-6-3-7-14-11(15)10-4-8-13-9-5-10/h4-5,8-9,12H,2-3,6-7H2,1H3,(H,14,15). The molecule has 0 aromatic carbocycles. The lowest BCUT2D eigenvalue weighted by atomic mass is 10.2. The molecule has 4 heteroatoms. The van der Waals surface area contributed by atoms with Gasteiger partial charge in [-0.1, -0.05) is 6.92 Å². The average Bonchev–Trinajstić information content (AvgIpc) is 2.30. The van der Waals surface area contributed by atoms with E-state index in [9.17, 15) is 4.79 Å². The number of aromatic nitrogens is 1. The van der Waals surface area contributed by atoms with Gasteiger partial charge in [-0.3, -0.25) is 9.78 Å². The summed E-state index contributed by atoms with van der Waals surface area (Å²) in [5.74, 6) is -0.0334. The molecule has 0 saturated heterocycles. The van der Waals surface area contributed by atoms with Gasteiger partial charge in [0, 0.05) is 24.5 Å². The molecule has 1 amide bonds. The van der Waals surface area contributed by atoms with Crippen LogP contribution in [0.3, 0.4) is 0 Å². The summed E-state index contributed by atoms with van der Waals surface area (Å²) in [6.45, 7) is 4.68. The molecular weight excluding hydrogens is 190 g/mol. The maximum Gasteiger partial charge on any atom is 0.251 e. The number of hydrogen-bond donors (Lipinski definition) is 2. The molecule has 1 aromatic rings. The molecule has 0 saturated carbocycles. The van der Waals surface area contributed by atoms with E-state index in [0.29, 0.717) is 12.1 Å². The van der Waals surface area contributed by atoms with Crippen molar-refractivity contribution in [3.63, 3.8) is 0 Å². The van der Waals surface area contributed by atoms with Gasteiger partial charge in [0.2, 0.25) is 0 Å². The number of nitrogens with one attached hydrogen (secondary N) is 2. The van der Waals surface area contributed by atoms with Gasteiger partial charge in [0.05, 0.1) is 0 Å². The van der Waals surface area contributed by atoms with Gasteiger partial charge in [0.15, 0.2) is 0 Å². The van der Waals surface area contributed by atoms with Crippen molar-refractivity contribution >= 4 is 5.91 Å². The first-order valence-electron chi connectivity index (χ1n) is 5.23. The molecule has 0 bridgehead atoms. The van der Waals surface area contributed by atoms with E-state index in [1.54, 1.807) is 24.5 Å². The van der Waals surface area contributed by atoms with Crippen LogP contribution in [0.2, 0.25) is 0 Å². The molecule has 0 radical (unpaired) electrons. The molecule has 1 aromatic heterocycles. The van der Waals surface area contributed by atoms with E-state index in [2.05, 4.69) is 22.5 Å². The Morgan fingerprint density at radius 1 is 1.33 bits per heavy atom. The normalized spacial score (nSPS) is 9.93. The predicted molar refractivity (Wildman–Crippen MR) is 59.7 cm³/mol. The van der Waals surface area contributed by atoms with Crippen molar-refractivity contribution in [2.24, 2.45) is 0 Å². The largest absolute Gasteiger partial charge is 0.352 e. The van der Waals surface area contributed by atoms with E-state index >= 15 is 0 Å². The number of carbonyl (C=O) groups excluding carboxylic acids is 1. The second-order valence-corrected chi connectivity index (χ2v) is 3.20. The minimum absolute atomic E-state index is 0.0334. The van der Waals surface area contributed by atoms with Crippen molar-refractivity contribution in [1.29, 1.82) is 0 Å². The highest BCUT2D eigenvalue weighted by atomic mass is 16.1. The Morgan fingerprint density at radius 3 is 2.73 bits per heavy atom. The number of pyridine rings is 1. The van der Waals surface area contributed by atoms with E-state index < -0.39 is 0 Å². The number of hydrogen-bond acceptors (Lipinski definition) is 3. The van der Waals surface area contributed by atoms with Crippen LogP contribution in [0, 0.1) is 0 Å². The highest BCUT2D eigenvalue weighted by Crippen LogP contribution is 1.95. The third-order valence-corrected chi connectivity index (χ3v) is 2.01. The summed E-state index contributed by atoms with van der Waals surface area (Å²) >= 11 is 0. The Bertz CT molecular complexity index is 287. The molecule has 1 rings (SSSR count). The van der Waals surface area contributed by atoms with E-state index in [4.69, 9.17) is 0 Å². The Kier molecular flexibility index (Phi) is 5.40. The lowest BCUT2D eigenvalue weighted by Crippen LogP contribution is -2.27. The van der Waals surface area contributed by atoms with Crippen molar-refractivity contribution in [3.8, 4) is 0 Å². The number of nitrogens with zero attached hydrogens (tertiary/aromatic N) is 1. The lowest BCUT2D eigenvalue weighted by Gasteiger charge is -2.04. The summed E-state index contributed by atoms with van der Waals surface area (Å²) in [6, 6.07) is 3.42. The van der Waals surface area contributed by atoms with Crippen molar-refractivity contribution in [1.82, 2.24) is 15.6 Å². The molecule has 0 unspecified atom stereocenters. The second kappa shape index (κ2) is 6.95. The maximum atomic E-state index is 11.5. The zero-order valence-corrected chi connectivity index (χ0v) is 8.99. The molecule has 0 spiro atoms. The fraction of sp³-hybridized carbons (Fsp3) is 0.455. The highest BCUT2D eigenvalue weighted by Gasteiger charge is 2.02.